The zero-order valence-corrected chi connectivity index (χ0v) is 5.67. The first kappa shape index (κ1) is 6.42. The number of hydrogen-bond donors (Lipinski definition) is 0. The molecule has 9 heavy (non-hydrogen) atoms. The van der Waals surface area contributed by atoms with Crippen molar-refractivity contribution in [2.24, 2.45) is 0 Å². The molecule has 1 heterocycles. The van der Waals surface area contributed by atoms with Crippen LogP contribution in [0, 0.1) is 12.1 Å². The molecule has 0 saturated heterocycles. The Hall–Kier alpha value is -0.700. The van der Waals surface area contributed by atoms with Gasteiger partial charge >= 0.3 is 0 Å². The summed E-state index contributed by atoms with van der Waals surface area (Å²) in [7, 11) is 0. The average molecular weight is 144 g/mol. The Balaban J connectivity index is 3.15. The molecule has 0 N–H and O–H groups in total. The van der Waals surface area contributed by atoms with Gasteiger partial charge in [-0.25, -0.2) is 0 Å². The van der Waals surface area contributed by atoms with Gasteiger partial charge in [0.25, 0.3) is 0 Å². The van der Waals surface area contributed by atoms with Crippen LogP contribution in [0.4, 0.5) is 4.39 Å². The van der Waals surface area contributed by atoms with Crippen LogP contribution in [0.25, 0.3) is 0 Å². The monoisotopic (exact) mass is 144 g/mol. The van der Waals surface area contributed by atoms with E-state index in [0.29, 0.717) is 11.8 Å². The Morgan fingerprint density at radius 1 is 1.78 bits per heavy atom. The first-order chi connectivity index (χ1) is 4.24. The molecule has 0 aromatic carbocycles. The Bertz CT molecular complexity index is 229. The van der Waals surface area contributed by atoms with E-state index in [4.69, 9.17) is 0 Å². The minimum Gasteiger partial charge on any atom is -0.298 e. The van der Waals surface area contributed by atoms with Crippen LogP contribution in [0.2, 0.25) is 0 Å². The molecule has 0 bridgehead atoms. The number of hydrogen-bond acceptors (Lipinski definition) is 2. The lowest BCUT2D eigenvalue weighted by Gasteiger charge is -1.78. The maximum absolute atomic E-state index is 12.2. The first-order valence-corrected chi connectivity index (χ1v) is 3.27. The number of rotatable bonds is 1. The van der Waals surface area contributed by atoms with E-state index in [2.05, 4.69) is 0 Å². The van der Waals surface area contributed by atoms with E-state index in [1.54, 1.807) is 6.92 Å². The molecule has 0 amide bonds. The predicted octanol–water partition coefficient (Wildman–Crippen LogP) is 2.01. The van der Waals surface area contributed by atoms with Crippen molar-refractivity contribution in [1.82, 2.24) is 0 Å². The lowest BCUT2D eigenvalue weighted by molar-refractivity contribution is 0.112. The van der Waals surface area contributed by atoms with Gasteiger partial charge in [0.2, 0.25) is 0 Å². The Morgan fingerprint density at radius 3 is 2.67 bits per heavy atom. The van der Waals surface area contributed by atoms with Gasteiger partial charge in [-0.3, -0.25) is 4.79 Å². The van der Waals surface area contributed by atoms with Crippen LogP contribution in [0.5, 0.6) is 0 Å². The van der Waals surface area contributed by atoms with Crippen molar-refractivity contribution in [2.75, 3.05) is 0 Å². The maximum atomic E-state index is 12.2. The zero-order chi connectivity index (χ0) is 6.85. The van der Waals surface area contributed by atoms with Crippen LogP contribution < -0.4 is 0 Å². The van der Waals surface area contributed by atoms with Gasteiger partial charge in [0.05, 0.1) is 0 Å². The van der Waals surface area contributed by atoms with Crippen LogP contribution in [0.15, 0.2) is 6.07 Å². The van der Waals surface area contributed by atoms with E-state index in [9.17, 15) is 9.18 Å². The first-order valence-electron chi connectivity index (χ1n) is 2.45. The number of aryl methyl sites for hydroxylation is 1. The largest absolute Gasteiger partial charge is 0.298 e. The summed E-state index contributed by atoms with van der Waals surface area (Å²) < 4.78 is 12.2. The van der Waals surface area contributed by atoms with E-state index in [1.807, 2.05) is 0 Å². The van der Waals surface area contributed by atoms with Gasteiger partial charge in [0.1, 0.15) is 0 Å². The van der Waals surface area contributed by atoms with Crippen LogP contribution in [0.3, 0.4) is 0 Å². The summed E-state index contributed by atoms with van der Waals surface area (Å²) in [6.45, 7) is 1.72. The maximum Gasteiger partial charge on any atom is 0.177 e. The van der Waals surface area contributed by atoms with Crippen LogP contribution in [-0.2, 0) is 0 Å². The highest BCUT2D eigenvalue weighted by Crippen LogP contribution is 2.17. The van der Waals surface area contributed by atoms with Gasteiger partial charge in [0, 0.05) is 10.4 Å². The minimum absolute atomic E-state index is 0.297. The SMILES string of the molecule is Cc1sc(F)cc1C=O. The molecule has 0 unspecified atom stereocenters. The fraction of sp³-hybridized carbons (Fsp3) is 0.167. The number of carbonyl (C=O) groups is 1. The molecule has 0 saturated carbocycles. The van der Waals surface area contributed by atoms with Crippen molar-refractivity contribution in [1.29, 1.82) is 0 Å². The molecule has 1 nitrogen and oxygen atoms in total. The highest BCUT2D eigenvalue weighted by atomic mass is 32.1. The molecule has 1 aromatic heterocycles. The van der Waals surface area contributed by atoms with Gasteiger partial charge in [-0.1, -0.05) is 0 Å². The second kappa shape index (κ2) is 2.27. The third-order valence-electron chi connectivity index (χ3n) is 1.05. The molecule has 0 spiro atoms. The molecule has 0 radical (unpaired) electrons. The number of halogens is 1. The van der Waals surface area contributed by atoms with Crippen LogP contribution in [0.1, 0.15) is 15.2 Å². The van der Waals surface area contributed by atoms with E-state index in [1.165, 1.54) is 6.07 Å². The van der Waals surface area contributed by atoms with E-state index >= 15 is 0 Å². The fourth-order valence-corrected chi connectivity index (χ4v) is 1.28. The van der Waals surface area contributed by atoms with Gasteiger partial charge in [-0.05, 0) is 13.0 Å². The summed E-state index contributed by atoms with van der Waals surface area (Å²) in [5.74, 6) is 0. The van der Waals surface area contributed by atoms with Crippen molar-refractivity contribution in [3.8, 4) is 0 Å². The molecule has 0 fully saturated rings. The van der Waals surface area contributed by atoms with Crippen molar-refractivity contribution in [3.63, 3.8) is 0 Å². The van der Waals surface area contributed by atoms with E-state index < -0.39 is 0 Å². The average Bonchev–Trinajstić information content (AvgIpc) is 2.10. The Kier molecular flexibility index (Phi) is 1.62. The number of carbonyl (C=O) groups excluding carboxylic acids is 1. The van der Waals surface area contributed by atoms with Crippen molar-refractivity contribution < 1.29 is 9.18 Å². The van der Waals surface area contributed by atoms with E-state index in [-0.39, 0.29) is 5.13 Å². The predicted molar refractivity (Wildman–Crippen MR) is 34.4 cm³/mol. The summed E-state index contributed by atoms with van der Waals surface area (Å²) in [5.41, 5.74) is 0.456. The third kappa shape index (κ3) is 1.16. The van der Waals surface area contributed by atoms with Crippen molar-refractivity contribution in [3.05, 3.63) is 21.6 Å². The molecule has 1 rings (SSSR count). The number of aldehydes is 1. The molecular formula is C6H5FOS. The number of thiophene rings is 1. The molecule has 48 valence electrons. The van der Waals surface area contributed by atoms with Crippen molar-refractivity contribution in [2.45, 2.75) is 6.92 Å². The van der Waals surface area contributed by atoms with Crippen LogP contribution in [-0.4, -0.2) is 6.29 Å². The molecular weight excluding hydrogens is 139 g/mol. The highest BCUT2D eigenvalue weighted by Gasteiger charge is 2.01. The van der Waals surface area contributed by atoms with Gasteiger partial charge in [0.15, 0.2) is 11.4 Å². The second-order valence-electron chi connectivity index (χ2n) is 1.68. The Labute approximate surface area is 56.1 Å². The third-order valence-corrected chi connectivity index (χ3v) is 1.91. The quantitative estimate of drug-likeness (QED) is 0.551. The summed E-state index contributed by atoms with van der Waals surface area (Å²) in [6.07, 6.45) is 0.662. The standard InChI is InChI=1S/C6H5FOS/c1-4-5(3-8)2-6(7)9-4/h2-3H,1H3. The van der Waals surface area contributed by atoms with Gasteiger partial charge < -0.3 is 0 Å². The molecule has 1 aromatic rings. The molecule has 0 atom stereocenters. The van der Waals surface area contributed by atoms with Gasteiger partial charge in [-0.2, -0.15) is 4.39 Å². The van der Waals surface area contributed by atoms with Crippen molar-refractivity contribution >= 4 is 17.6 Å². The molecule has 3 heteroatoms. The molecule has 0 aliphatic carbocycles. The Morgan fingerprint density at radius 2 is 2.44 bits per heavy atom. The highest BCUT2D eigenvalue weighted by molar-refractivity contribution is 7.10. The lowest BCUT2D eigenvalue weighted by Crippen LogP contribution is -1.73. The summed E-state index contributed by atoms with van der Waals surface area (Å²) in [4.78, 5) is 10.8. The normalized spacial score (nSPS) is 9.56. The second-order valence-corrected chi connectivity index (χ2v) is 2.89. The summed E-state index contributed by atoms with van der Waals surface area (Å²) in [6, 6.07) is 1.24. The smallest absolute Gasteiger partial charge is 0.177 e. The van der Waals surface area contributed by atoms with Gasteiger partial charge in [-0.15, -0.1) is 11.3 Å². The fourth-order valence-electron chi connectivity index (χ4n) is 0.576. The lowest BCUT2D eigenvalue weighted by atomic mass is 10.3. The topological polar surface area (TPSA) is 17.1 Å². The van der Waals surface area contributed by atoms with Crippen LogP contribution >= 0.6 is 11.3 Å². The molecule has 0 aliphatic rings. The minimum atomic E-state index is -0.297. The zero-order valence-electron chi connectivity index (χ0n) is 4.85. The summed E-state index contributed by atoms with van der Waals surface area (Å²) in [5, 5.41) is -0.297. The summed E-state index contributed by atoms with van der Waals surface area (Å²) >= 11 is 0.996. The van der Waals surface area contributed by atoms with E-state index in [0.717, 1.165) is 16.2 Å². The molecule has 0 aliphatic heterocycles.